The molecule has 0 aliphatic rings. The van der Waals surface area contributed by atoms with Gasteiger partial charge < -0.3 is 0 Å². The maximum absolute atomic E-state index is 4.87. The predicted octanol–water partition coefficient (Wildman–Crippen LogP) is 9.58. The van der Waals surface area contributed by atoms with Gasteiger partial charge in [0.05, 0.1) is 0 Å². The molecule has 0 bridgehead atoms. The van der Waals surface area contributed by atoms with Gasteiger partial charge in [0, 0.05) is 17.8 Å². The molecule has 2 heteroatoms. The van der Waals surface area contributed by atoms with Crippen LogP contribution in [-0.2, 0) is 19.3 Å². The molecule has 1 heterocycles. The zero-order chi connectivity index (χ0) is 22.4. The fraction of sp³-hybridized carbons (Fsp3) is 0.862. The minimum atomic E-state index is 1.02. The number of rotatable bonds is 22. The van der Waals surface area contributed by atoms with E-state index in [-0.39, 0.29) is 0 Å². The molecule has 1 rings (SSSR count). The third kappa shape index (κ3) is 16.4. The van der Waals surface area contributed by atoms with Crippen LogP contribution in [-0.4, -0.2) is 9.97 Å². The smallest absolute Gasteiger partial charge is 0.128 e. The first-order valence-corrected chi connectivity index (χ1v) is 14.2. The monoisotopic (exact) mass is 430 g/mol. The van der Waals surface area contributed by atoms with Crippen LogP contribution < -0.4 is 0 Å². The van der Waals surface area contributed by atoms with E-state index in [9.17, 15) is 0 Å². The van der Waals surface area contributed by atoms with Crippen molar-refractivity contribution in [1.82, 2.24) is 9.97 Å². The summed E-state index contributed by atoms with van der Waals surface area (Å²) in [5, 5.41) is 0. The van der Waals surface area contributed by atoms with Crippen LogP contribution in [0.3, 0.4) is 0 Å². The van der Waals surface area contributed by atoms with Crippen molar-refractivity contribution in [1.29, 1.82) is 0 Å². The predicted molar refractivity (Wildman–Crippen MR) is 138 cm³/mol. The van der Waals surface area contributed by atoms with Crippen molar-refractivity contribution in [2.75, 3.05) is 0 Å². The number of aromatic nitrogens is 2. The van der Waals surface area contributed by atoms with E-state index in [4.69, 9.17) is 9.97 Å². The normalized spacial score (nSPS) is 11.3. The zero-order valence-corrected chi connectivity index (χ0v) is 21.5. The highest BCUT2D eigenvalue weighted by molar-refractivity contribution is 5.12. The van der Waals surface area contributed by atoms with Crippen LogP contribution in [0, 0.1) is 0 Å². The van der Waals surface area contributed by atoms with Gasteiger partial charge in [-0.15, -0.1) is 0 Å². The van der Waals surface area contributed by atoms with Crippen LogP contribution in [0.1, 0.15) is 160 Å². The van der Waals surface area contributed by atoms with E-state index < -0.39 is 0 Å². The summed E-state index contributed by atoms with van der Waals surface area (Å²) in [7, 11) is 0. The molecule has 2 nitrogen and oxygen atoms in total. The Kier molecular flexibility index (Phi) is 19.0. The van der Waals surface area contributed by atoms with E-state index in [1.807, 2.05) is 0 Å². The van der Waals surface area contributed by atoms with Crippen molar-refractivity contribution in [3.63, 3.8) is 0 Å². The van der Waals surface area contributed by atoms with Gasteiger partial charge in [-0.25, -0.2) is 9.97 Å². The molecule has 0 unspecified atom stereocenters. The highest BCUT2D eigenvalue weighted by atomic mass is 14.9. The van der Waals surface area contributed by atoms with E-state index in [2.05, 4.69) is 26.8 Å². The van der Waals surface area contributed by atoms with Crippen molar-refractivity contribution in [2.24, 2.45) is 0 Å². The van der Waals surface area contributed by atoms with Gasteiger partial charge >= 0.3 is 0 Å². The van der Waals surface area contributed by atoms with Crippen LogP contribution in [0.2, 0.25) is 0 Å². The molecule has 0 amide bonds. The molecular weight excluding hydrogens is 376 g/mol. The average molecular weight is 431 g/mol. The molecule has 0 saturated carbocycles. The largest absolute Gasteiger partial charge is 0.238 e. The Morgan fingerprint density at radius 1 is 0.419 bits per heavy atom. The Bertz CT molecular complexity index is 471. The summed E-state index contributed by atoms with van der Waals surface area (Å²) < 4.78 is 0. The first kappa shape index (κ1) is 28.1. The maximum Gasteiger partial charge on any atom is 0.128 e. The van der Waals surface area contributed by atoms with Gasteiger partial charge in [0.15, 0.2) is 0 Å². The van der Waals surface area contributed by atoms with E-state index in [1.54, 1.807) is 0 Å². The van der Waals surface area contributed by atoms with Gasteiger partial charge in [-0.2, -0.15) is 0 Å². The summed E-state index contributed by atoms with van der Waals surface area (Å²) in [5.41, 5.74) is 2.60. The lowest BCUT2D eigenvalue weighted by atomic mass is 10.0. The topological polar surface area (TPSA) is 25.8 Å². The lowest BCUT2D eigenvalue weighted by molar-refractivity contribution is 0.560. The molecule has 0 aliphatic heterocycles. The molecule has 1 aromatic heterocycles. The van der Waals surface area contributed by atoms with Gasteiger partial charge in [-0.3, -0.25) is 0 Å². The fourth-order valence-corrected chi connectivity index (χ4v) is 4.44. The van der Waals surface area contributed by atoms with Crippen LogP contribution in [0.5, 0.6) is 0 Å². The summed E-state index contributed by atoms with van der Waals surface area (Å²) in [6.45, 7) is 6.82. The summed E-state index contributed by atoms with van der Waals surface area (Å²) in [6.07, 6.45) is 29.4. The molecule has 0 aliphatic carbocycles. The molecule has 1 aromatic rings. The van der Waals surface area contributed by atoms with Crippen LogP contribution in [0.15, 0.2) is 6.07 Å². The van der Waals surface area contributed by atoms with Gasteiger partial charge in [-0.05, 0) is 38.2 Å². The van der Waals surface area contributed by atoms with Gasteiger partial charge in [0.2, 0.25) is 0 Å². The standard InChI is InChI=1S/C29H54N2/c1-4-7-9-11-13-15-17-19-21-24-27-26-28(31-29(30-27)23-6-3)25-22-20-18-16-14-12-10-8-5-2/h26H,4-25H2,1-3H3. The number of nitrogens with zero attached hydrogens (tertiary/aromatic N) is 2. The third-order valence-electron chi connectivity index (χ3n) is 6.43. The van der Waals surface area contributed by atoms with Crippen molar-refractivity contribution in [3.8, 4) is 0 Å². The van der Waals surface area contributed by atoms with Crippen molar-refractivity contribution in [3.05, 3.63) is 23.3 Å². The molecule has 0 fully saturated rings. The van der Waals surface area contributed by atoms with Gasteiger partial charge in [0.25, 0.3) is 0 Å². The Balaban J connectivity index is 2.24. The van der Waals surface area contributed by atoms with E-state index in [0.29, 0.717) is 0 Å². The Morgan fingerprint density at radius 3 is 1.13 bits per heavy atom. The second-order valence-electron chi connectivity index (χ2n) is 9.67. The van der Waals surface area contributed by atoms with Crippen LogP contribution >= 0.6 is 0 Å². The molecule has 0 N–H and O–H groups in total. The summed E-state index contributed by atoms with van der Waals surface area (Å²) >= 11 is 0. The fourth-order valence-electron chi connectivity index (χ4n) is 4.44. The first-order chi connectivity index (χ1) is 15.3. The molecule has 0 radical (unpaired) electrons. The molecule has 180 valence electrons. The highest BCUT2D eigenvalue weighted by Crippen LogP contribution is 2.15. The molecular formula is C29H54N2. The number of hydrogen-bond acceptors (Lipinski definition) is 2. The molecule has 0 saturated heterocycles. The van der Waals surface area contributed by atoms with Crippen LogP contribution in [0.4, 0.5) is 0 Å². The zero-order valence-electron chi connectivity index (χ0n) is 21.5. The van der Waals surface area contributed by atoms with E-state index in [1.165, 1.54) is 127 Å². The Morgan fingerprint density at radius 2 is 0.774 bits per heavy atom. The number of aryl methyl sites for hydroxylation is 3. The minimum Gasteiger partial charge on any atom is -0.238 e. The lowest BCUT2D eigenvalue weighted by Gasteiger charge is -2.08. The van der Waals surface area contributed by atoms with Gasteiger partial charge in [-0.1, -0.05) is 124 Å². The Labute approximate surface area is 195 Å². The molecule has 0 atom stereocenters. The number of unbranched alkanes of at least 4 members (excludes halogenated alkanes) is 16. The molecule has 0 aromatic carbocycles. The summed E-state index contributed by atoms with van der Waals surface area (Å²) in [6, 6.07) is 2.31. The Hall–Kier alpha value is -0.920. The quantitative estimate of drug-likeness (QED) is 0.171. The van der Waals surface area contributed by atoms with Crippen molar-refractivity contribution in [2.45, 2.75) is 162 Å². The second-order valence-corrected chi connectivity index (χ2v) is 9.67. The second kappa shape index (κ2) is 21.0. The van der Waals surface area contributed by atoms with Crippen molar-refractivity contribution < 1.29 is 0 Å². The lowest BCUT2D eigenvalue weighted by Crippen LogP contribution is -2.04. The molecule has 0 spiro atoms. The SMILES string of the molecule is CCCCCCCCCCCc1cc(CCCCCCCCCCC)nc(CCC)n1. The maximum atomic E-state index is 4.87. The number of hydrogen-bond donors (Lipinski definition) is 0. The van der Waals surface area contributed by atoms with Crippen molar-refractivity contribution >= 4 is 0 Å². The van der Waals surface area contributed by atoms with Gasteiger partial charge in [0.1, 0.15) is 5.82 Å². The van der Waals surface area contributed by atoms with E-state index in [0.717, 1.165) is 31.5 Å². The summed E-state index contributed by atoms with van der Waals surface area (Å²) in [4.78, 5) is 9.75. The average Bonchev–Trinajstić information content (AvgIpc) is 2.77. The molecule has 31 heavy (non-hydrogen) atoms. The first-order valence-electron chi connectivity index (χ1n) is 14.2. The highest BCUT2D eigenvalue weighted by Gasteiger charge is 2.05. The third-order valence-corrected chi connectivity index (χ3v) is 6.43. The summed E-state index contributed by atoms with van der Waals surface area (Å²) in [5.74, 6) is 1.09. The van der Waals surface area contributed by atoms with Crippen LogP contribution in [0.25, 0.3) is 0 Å². The minimum absolute atomic E-state index is 1.02. The van der Waals surface area contributed by atoms with E-state index >= 15 is 0 Å².